The van der Waals surface area contributed by atoms with Gasteiger partial charge in [-0.25, -0.2) is 9.78 Å². The molecule has 1 saturated heterocycles. The van der Waals surface area contributed by atoms with Crippen molar-refractivity contribution in [3.8, 4) is 0 Å². The van der Waals surface area contributed by atoms with Crippen LogP contribution in [0.3, 0.4) is 0 Å². The van der Waals surface area contributed by atoms with Crippen LogP contribution in [0.2, 0.25) is 0 Å². The number of carbonyl (C=O) groups excluding carboxylic acids is 2. The topological polar surface area (TPSA) is 71.9 Å². The number of ketones is 1. The van der Waals surface area contributed by atoms with Crippen molar-refractivity contribution in [2.45, 2.75) is 40.0 Å². The smallest absolute Gasteiger partial charge is 0.306 e. The first kappa shape index (κ1) is 20.5. The van der Waals surface area contributed by atoms with Crippen LogP contribution in [0.15, 0.2) is 41.6 Å². The lowest BCUT2D eigenvalue weighted by molar-refractivity contribution is -0.119. The number of thiazole rings is 1. The van der Waals surface area contributed by atoms with Gasteiger partial charge in [0.25, 0.3) is 0 Å². The third kappa shape index (κ3) is 4.07. The van der Waals surface area contributed by atoms with Gasteiger partial charge in [0, 0.05) is 23.9 Å². The van der Waals surface area contributed by atoms with Crippen LogP contribution >= 0.6 is 11.3 Å². The number of oxime groups is 1. The highest BCUT2D eigenvalue weighted by atomic mass is 32.1. The third-order valence-corrected chi connectivity index (χ3v) is 6.24. The molecule has 2 aromatic carbocycles. The van der Waals surface area contributed by atoms with Gasteiger partial charge in [0.05, 0.1) is 10.2 Å². The predicted octanol–water partition coefficient (Wildman–Crippen LogP) is 5.39. The van der Waals surface area contributed by atoms with E-state index in [0.717, 1.165) is 40.3 Å². The largest absolute Gasteiger partial charge is 0.435 e. The summed E-state index contributed by atoms with van der Waals surface area (Å²) < 4.78 is 0.959. The molecule has 2 heterocycles. The molecular weight excluding hydrogens is 398 g/mol. The Bertz CT molecular complexity index is 1140. The Labute approximate surface area is 179 Å². The van der Waals surface area contributed by atoms with Gasteiger partial charge in [-0.15, -0.1) is 11.3 Å². The lowest BCUT2D eigenvalue weighted by Gasteiger charge is -2.24. The van der Waals surface area contributed by atoms with Crippen molar-refractivity contribution in [2.24, 2.45) is 10.6 Å². The molecular formula is C23H25N3O3S. The van der Waals surface area contributed by atoms with Crippen LogP contribution in [0.1, 0.15) is 45.0 Å². The van der Waals surface area contributed by atoms with Crippen LogP contribution in [0.25, 0.3) is 21.0 Å². The summed E-state index contributed by atoms with van der Waals surface area (Å²) >= 11 is 1.38. The number of piperidine rings is 1. The number of hydrogen-bond acceptors (Lipinski definition) is 6. The molecule has 0 saturated carbocycles. The lowest BCUT2D eigenvalue weighted by atomic mass is 9.88. The molecule has 0 bridgehead atoms. The van der Waals surface area contributed by atoms with Gasteiger partial charge in [-0.1, -0.05) is 56.3 Å². The molecule has 30 heavy (non-hydrogen) atoms. The second-order valence-electron chi connectivity index (χ2n) is 8.58. The summed E-state index contributed by atoms with van der Waals surface area (Å²) in [6.07, 6.45) is 2.51. The monoisotopic (exact) mass is 423 g/mol. The van der Waals surface area contributed by atoms with Gasteiger partial charge >= 0.3 is 6.09 Å². The number of amides is 1. The molecule has 0 unspecified atom stereocenters. The van der Waals surface area contributed by atoms with Gasteiger partial charge in [0.2, 0.25) is 0 Å². The standard InChI is InChI=1S/C23H25N3O3S/c1-23(2,3)20(27)19(25-29-22(28)26-13-7-4-8-14-26)21-24-18-16-10-6-5-9-15(16)11-12-17(18)30-21/h5-6,9-12H,4,7-8,13-14H2,1-3H3. The summed E-state index contributed by atoms with van der Waals surface area (Å²) in [5.41, 5.74) is 0.235. The van der Waals surface area contributed by atoms with Gasteiger partial charge in [0.15, 0.2) is 11.5 Å². The minimum absolute atomic E-state index is 0.0955. The van der Waals surface area contributed by atoms with Gasteiger partial charge in [0.1, 0.15) is 5.01 Å². The van der Waals surface area contributed by atoms with Crippen LogP contribution in [0.5, 0.6) is 0 Å². The Morgan fingerprint density at radius 1 is 1.07 bits per heavy atom. The molecule has 0 atom stereocenters. The van der Waals surface area contributed by atoms with E-state index in [4.69, 9.17) is 9.82 Å². The summed E-state index contributed by atoms with van der Waals surface area (Å²) in [5.74, 6) is -0.211. The number of hydrogen-bond donors (Lipinski definition) is 0. The van der Waals surface area contributed by atoms with Gasteiger partial charge in [-0.3, -0.25) is 9.63 Å². The lowest BCUT2D eigenvalue weighted by Crippen LogP contribution is -2.36. The molecule has 1 amide bonds. The molecule has 1 aliphatic heterocycles. The molecule has 0 spiro atoms. The molecule has 1 aliphatic rings. The second-order valence-corrected chi connectivity index (χ2v) is 9.61. The van der Waals surface area contributed by atoms with Crippen molar-refractivity contribution in [3.05, 3.63) is 41.4 Å². The first-order valence-corrected chi connectivity index (χ1v) is 11.0. The van der Waals surface area contributed by atoms with Crippen molar-refractivity contribution in [1.82, 2.24) is 9.88 Å². The van der Waals surface area contributed by atoms with E-state index in [-0.39, 0.29) is 11.5 Å². The zero-order chi connectivity index (χ0) is 21.3. The summed E-state index contributed by atoms with van der Waals surface area (Å²) in [6.45, 7) is 6.77. The molecule has 7 heteroatoms. The maximum absolute atomic E-state index is 13.1. The van der Waals surface area contributed by atoms with E-state index in [2.05, 4.69) is 5.16 Å². The quantitative estimate of drug-likeness (QED) is 0.322. The SMILES string of the molecule is CC(C)(C)C(=O)C(=NOC(=O)N1CCCCC1)c1nc2c(ccc3ccccc32)s1. The van der Waals surface area contributed by atoms with Gasteiger partial charge in [-0.05, 0) is 30.7 Å². The van der Waals surface area contributed by atoms with Crippen molar-refractivity contribution in [2.75, 3.05) is 13.1 Å². The maximum Gasteiger partial charge on any atom is 0.435 e. The number of rotatable bonds is 3. The molecule has 3 aromatic rings. The molecule has 1 fully saturated rings. The molecule has 0 N–H and O–H groups in total. The first-order valence-electron chi connectivity index (χ1n) is 10.2. The van der Waals surface area contributed by atoms with Crippen LogP contribution < -0.4 is 0 Å². The van der Waals surface area contributed by atoms with Crippen molar-refractivity contribution in [3.63, 3.8) is 0 Å². The van der Waals surface area contributed by atoms with Crippen molar-refractivity contribution in [1.29, 1.82) is 0 Å². The Morgan fingerprint density at radius 3 is 2.53 bits per heavy atom. The normalized spacial score (nSPS) is 15.6. The molecule has 0 radical (unpaired) electrons. The number of Topliss-reactive ketones (excluding diaryl/α,β-unsaturated/α-hetero) is 1. The Kier molecular flexibility index (Phi) is 5.56. The Hall–Kier alpha value is -2.80. The van der Waals surface area contributed by atoms with Crippen LogP contribution in [-0.2, 0) is 9.63 Å². The molecule has 4 rings (SSSR count). The number of benzene rings is 2. The summed E-state index contributed by atoms with van der Waals surface area (Å²) in [7, 11) is 0. The highest BCUT2D eigenvalue weighted by molar-refractivity contribution is 7.21. The van der Waals surface area contributed by atoms with E-state index in [9.17, 15) is 9.59 Å². The fourth-order valence-corrected chi connectivity index (χ4v) is 4.47. The van der Waals surface area contributed by atoms with E-state index >= 15 is 0 Å². The summed E-state index contributed by atoms with van der Waals surface area (Å²) in [6, 6.07) is 12.0. The van der Waals surface area contributed by atoms with E-state index in [1.54, 1.807) is 4.90 Å². The van der Waals surface area contributed by atoms with Gasteiger partial charge < -0.3 is 4.90 Å². The number of aromatic nitrogens is 1. The maximum atomic E-state index is 13.1. The van der Waals surface area contributed by atoms with Crippen molar-refractivity contribution >= 4 is 49.9 Å². The van der Waals surface area contributed by atoms with Gasteiger partial charge in [-0.2, -0.15) is 0 Å². The zero-order valence-corrected chi connectivity index (χ0v) is 18.3. The highest BCUT2D eigenvalue weighted by Gasteiger charge is 2.31. The average molecular weight is 424 g/mol. The molecule has 6 nitrogen and oxygen atoms in total. The Balaban J connectivity index is 1.73. The molecule has 1 aromatic heterocycles. The fourth-order valence-electron chi connectivity index (χ4n) is 3.51. The Morgan fingerprint density at radius 2 is 1.80 bits per heavy atom. The zero-order valence-electron chi connectivity index (χ0n) is 17.5. The van der Waals surface area contributed by atoms with Crippen LogP contribution in [0.4, 0.5) is 4.79 Å². The minimum atomic E-state index is -0.684. The number of carbonyl (C=O) groups is 2. The minimum Gasteiger partial charge on any atom is -0.306 e. The average Bonchev–Trinajstić information content (AvgIpc) is 3.18. The summed E-state index contributed by atoms with van der Waals surface area (Å²) in [5, 5.41) is 6.60. The number of nitrogens with zero attached hydrogens (tertiary/aromatic N) is 3. The first-order chi connectivity index (χ1) is 14.3. The summed E-state index contributed by atoms with van der Waals surface area (Å²) in [4.78, 5) is 37.1. The number of likely N-dealkylation sites (tertiary alicyclic amines) is 1. The van der Waals surface area contributed by atoms with Crippen LogP contribution in [0, 0.1) is 5.41 Å². The van der Waals surface area contributed by atoms with Crippen molar-refractivity contribution < 1.29 is 14.4 Å². The van der Waals surface area contributed by atoms with Crippen LogP contribution in [-0.4, -0.2) is 40.6 Å². The highest BCUT2D eigenvalue weighted by Crippen LogP contribution is 2.31. The van der Waals surface area contributed by atoms with E-state index in [1.165, 1.54) is 11.3 Å². The third-order valence-electron chi connectivity index (χ3n) is 5.21. The predicted molar refractivity (Wildman–Crippen MR) is 120 cm³/mol. The van der Waals surface area contributed by atoms with E-state index < -0.39 is 11.5 Å². The molecule has 0 aliphatic carbocycles. The molecule has 156 valence electrons. The fraction of sp³-hybridized carbons (Fsp3) is 0.391. The van der Waals surface area contributed by atoms with E-state index in [1.807, 2.05) is 57.2 Å². The van der Waals surface area contributed by atoms with E-state index in [0.29, 0.717) is 18.1 Å². The number of fused-ring (bicyclic) bond motifs is 3. The second kappa shape index (κ2) is 8.14.